The predicted molar refractivity (Wildman–Crippen MR) is 82.9 cm³/mol. The first-order chi connectivity index (χ1) is 10.2. The Morgan fingerprint density at radius 1 is 1.29 bits per heavy atom. The molecule has 0 unspecified atom stereocenters. The fraction of sp³-hybridized carbons (Fsp3) is 0.625. The van der Waals surface area contributed by atoms with Gasteiger partial charge in [0.1, 0.15) is 0 Å². The molecule has 5 nitrogen and oxygen atoms in total. The first-order valence-corrected chi connectivity index (χ1v) is 8.00. The molecule has 5 heteroatoms. The van der Waals surface area contributed by atoms with E-state index in [-0.39, 0.29) is 0 Å². The van der Waals surface area contributed by atoms with E-state index in [1.807, 2.05) is 17.1 Å². The van der Waals surface area contributed by atoms with Gasteiger partial charge < -0.3 is 5.32 Å². The highest BCUT2D eigenvalue weighted by Gasteiger charge is 2.17. The van der Waals surface area contributed by atoms with E-state index in [0.717, 1.165) is 18.8 Å². The summed E-state index contributed by atoms with van der Waals surface area (Å²) in [6.07, 6.45) is 11.5. The van der Waals surface area contributed by atoms with Crippen molar-refractivity contribution >= 4 is 0 Å². The summed E-state index contributed by atoms with van der Waals surface area (Å²) in [6.45, 7) is 5.93. The van der Waals surface area contributed by atoms with Crippen LogP contribution in [0.1, 0.15) is 62.9 Å². The largest absolute Gasteiger partial charge is 0.307 e. The highest BCUT2D eigenvalue weighted by Crippen LogP contribution is 2.28. The summed E-state index contributed by atoms with van der Waals surface area (Å²) in [5, 5.41) is 12.5. The predicted octanol–water partition coefficient (Wildman–Crippen LogP) is 3.07. The number of aromatic nitrogens is 4. The molecule has 0 bridgehead atoms. The third-order valence-electron chi connectivity index (χ3n) is 4.18. The summed E-state index contributed by atoms with van der Waals surface area (Å²) >= 11 is 0. The van der Waals surface area contributed by atoms with Crippen molar-refractivity contribution < 1.29 is 0 Å². The van der Waals surface area contributed by atoms with Crippen molar-refractivity contribution in [1.82, 2.24) is 24.9 Å². The highest BCUT2D eigenvalue weighted by atomic mass is 15.3. The fourth-order valence-corrected chi connectivity index (χ4v) is 2.93. The summed E-state index contributed by atoms with van der Waals surface area (Å²) in [7, 11) is 0. The smallest absolute Gasteiger partial charge is 0.0762 e. The van der Waals surface area contributed by atoms with Crippen molar-refractivity contribution in [3.8, 4) is 0 Å². The maximum absolute atomic E-state index is 4.54. The standard InChI is InChI=1S/C16H25N5/c1-13(2)20-8-7-15(19-20)11-17-9-14-10-18-21(12-14)16-5-3-4-6-16/h7-8,10,12-13,16-17H,3-6,9,11H2,1-2H3. The molecule has 0 radical (unpaired) electrons. The van der Waals surface area contributed by atoms with Gasteiger partial charge in [-0.25, -0.2) is 0 Å². The number of hydrogen-bond acceptors (Lipinski definition) is 3. The van der Waals surface area contributed by atoms with Gasteiger partial charge in [-0.15, -0.1) is 0 Å². The van der Waals surface area contributed by atoms with E-state index in [1.54, 1.807) is 0 Å². The Hall–Kier alpha value is -1.62. The van der Waals surface area contributed by atoms with Crippen molar-refractivity contribution in [2.24, 2.45) is 0 Å². The Morgan fingerprint density at radius 2 is 2.10 bits per heavy atom. The minimum absolute atomic E-state index is 0.420. The Balaban J connectivity index is 1.48. The zero-order valence-electron chi connectivity index (χ0n) is 13.0. The summed E-state index contributed by atoms with van der Waals surface area (Å²) in [5.41, 5.74) is 2.34. The molecule has 1 aliphatic carbocycles. The zero-order valence-corrected chi connectivity index (χ0v) is 13.0. The normalized spacial score (nSPS) is 16.1. The molecule has 0 aromatic carbocycles. The van der Waals surface area contributed by atoms with Crippen LogP contribution in [0.15, 0.2) is 24.7 Å². The van der Waals surface area contributed by atoms with Gasteiger partial charge in [0.2, 0.25) is 0 Å². The number of nitrogens with zero attached hydrogens (tertiary/aromatic N) is 4. The van der Waals surface area contributed by atoms with Crippen LogP contribution in [0.25, 0.3) is 0 Å². The number of hydrogen-bond donors (Lipinski definition) is 1. The molecule has 1 fully saturated rings. The topological polar surface area (TPSA) is 47.7 Å². The molecule has 1 saturated carbocycles. The van der Waals surface area contributed by atoms with E-state index in [0.29, 0.717) is 12.1 Å². The van der Waals surface area contributed by atoms with Gasteiger partial charge in [-0.2, -0.15) is 10.2 Å². The van der Waals surface area contributed by atoms with Crippen LogP contribution in [0, 0.1) is 0 Å². The lowest BCUT2D eigenvalue weighted by atomic mass is 10.2. The third kappa shape index (κ3) is 3.53. The van der Waals surface area contributed by atoms with Gasteiger partial charge in [0.05, 0.1) is 17.9 Å². The van der Waals surface area contributed by atoms with Gasteiger partial charge in [-0.05, 0) is 32.8 Å². The molecule has 0 aliphatic heterocycles. The lowest BCUT2D eigenvalue weighted by Crippen LogP contribution is -2.13. The molecule has 1 aliphatic rings. The molecular formula is C16H25N5. The minimum atomic E-state index is 0.420. The Morgan fingerprint density at radius 3 is 2.81 bits per heavy atom. The SMILES string of the molecule is CC(C)n1ccc(CNCc2cnn(C3CCCC3)c2)n1. The molecule has 2 aromatic heterocycles. The first kappa shape index (κ1) is 14.3. The maximum atomic E-state index is 4.54. The zero-order chi connectivity index (χ0) is 14.7. The fourth-order valence-electron chi connectivity index (χ4n) is 2.93. The van der Waals surface area contributed by atoms with E-state index >= 15 is 0 Å². The van der Waals surface area contributed by atoms with E-state index in [1.165, 1.54) is 31.2 Å². The Bertz CT molecular complexity index is 563. The molecular weight excluding hydrogens is 262 g/mol. The molecule has 114 valence electrons. The van der Waals surface area contributed by atoms with Crippen LogP contribution >= 0.6 is 0 Å². The average molecular weight is 287 g/mol. The lowest BCUT2D eigenvalue weighted by molar-refractivity contribution is 0.466. The van der Waals surface area contributed by atoms with Crippen LogP contribution < -0.4 is 5.32 Å². The molecule has 2 heterocycles. The maximum Gasteiger partial charge on any atom is 0.0762 e. The summed E-state index contributed by atoms with van der Waals surface area (Å²) in [5.74, 6) is 0. The molecule has 0 atom stereocenters. The lowest BCUT2D eigenvalue weighted by Gasteiger charge is -2.08. The molecule has 21 heavy (non-hydrogen) atoms. The second-order valence-corrected chi connectivity index (χ2v) is 6.25. The van der Waals surface area contributed by atoms with Crippen LogP contribution in [-0.4, -0.2) is 19.6 Å². The van der Waals surface area contributed by atoms with Gasteiger partial charge >= 0.3 is 0 Å². The number of rotatable bonds is 6. The highest BCUT2D eigenvalue weighted by molar-refractivity contribution is 5.05. The van der Waals surface area contributed by atoms with Crippen molar-refractivity contribution in [3.05, 3.63) is 35.9 Å². The summed E-state index contributed by atoms with van der Waals surface area (Å²) in [4.78, 5) is 0. The first-order valence-electron chi connectivity index (χ1n) is 8.00. The van der Waals surface area contributed by atoms with Gasteiger partial charge in [0.15, 0.2) is 0 Å². The number of nitrogens with one attached hydrogen (secondary N) is 1. The monoisotopic (exact) mass is 287 g/mol. The van der Waals surface area contributed by atoms with Crippen LogP contribution in [-0.2, 0) is 13.1 Å². The van der Waals surface area contributed by atoms with E-state index in [4.69, 9.17) is 0 Å². The Kier molecular flexibility index (Phi) is 4.39. The molecule has 3 rings (SSSR count). The summed E-state index contributed by atoms with van der Waals surface area (Å²) in [6, 6.07) is 3.12. The molecule has 0 amide bonds. The van der Waals surface area contributed by atoms with E-state index in [2.05, 4.69) is 46.3 Å². The van der Waals surface area contributed by atoms with Gasteiger partial charge in [0.25, 0.3) is 0 Å². The van der Waals surface area contributed by atoms with Crippen molar-refractivity contribution in [3.63, 3.8) is 0 Å². The van der Waals surface area contributed by atoms with Crippen LogP contribution in [0.4, 0.5) is 0 Å². The van der Waals surface area contributed by atoms with Crippen molar-refractivity contribution in [2.45, 2.75) is 64.7 Å². The Labute approximate surface area is 126 Å². The summed E-state index contributed by atoms with van der Waals surface area (Å²) < 4.78 is 4.15. The second-order valence-electron chi connectivity index (χ2n) is 6.25. The van der Waals surface area contributed by atoms with Gasteiger partial charge in [0, 0.05) is 37.1 Å². The molecule has 2 aromatic rings. The molecule has 0 spiro atoms. The van der Waals surface area contributed by atoms with Gasteiger partial charge in [-0.1, -0.05) is 12.8 Å². The van der Waals surface area contributed by atoms with E-state index in [9.17, 15) is 0 Å². The van der Waals surface area contributed by atoms with Crippen molar-refractivity contribution in [2.75, 3.05) is 0 Å². The minimum Gasteiger partial charge on any atom is -0.307 e. The van der Waals surface area contributed by atoms with Crippen LogP contribution in [0.3, 0.4) is 0 Å². The van der Waals surface area contributed by atoms with Gasteiger partial charge in [-0.3, -0.25) is 9.36 Å². The van der Waals surface area contributed by atoms with Crippen LogP contribution in [0.5, 0.6) is 0 Å². The average Bonchev–Trinajstić information content (AvgIpc) is 3.20. The molecule has 1 N–H and O–H groups in total. The second kappa shape index (κ2) is 6.43. The quantitative estimate of drug-likeness (QED) is 0.888. The van der Waals surface area contributed by atoms with E-state index < -0.39 is 0 Å². The third-order valence-corrected chi connectivity index (χ3v) is 4.18. The van der Waals surface area contributed by atoms with Crippen molar-refractivity contribution in [1.29, 1.82) is 0 Å². The molecule has 0 saturated heterocycles. The van der Waals surface area contributed by atoms with Crippen LogP contribution in [0.2, 0.25) is 0 Å².